The largest absolute Gasteiger partial charge is 0.380 e. The standard InChI is InChI=1S/C8H16FNO/c1-8(10-5-4-9)3-2-6-11-7-8/h10H,2-7H2,1H3. The fourth-order valence-electron chi connectivity index (χ4n) is 1.42. The molecule has 0 aromatic carbocycles. The van der Waals surface area contributed by atoms with Crippen molar-refractivity contribution in [1.29, 1.82) is 0 Å². The first-order valence-corrected chi connectivity index (χ1v) is 4.16. The summed E-state index contributed by atoms with van der Waals surface area (Å²) < 4.78 is 17.1. The summed E-state index contributed by atoms with van der Waals surface area (Å²) in [5, 5.41) is 3.15. The van der Waals surface area contributed by atoms with E-state index in [1.54, 1.807) is 0 Å². The quantitative estimate of drug-likeness (QED) is 0.669. The first-order valence-electron chi connectivity index (χ1n) is 4.16. The maximum Gasteiger partial charge on any atom is 0.102 e. The molecule has 1 aliphatic heterocycles. The van der Waals surface area contributed by atoms with Crippen molar-refractivity contribution in [1.82, 2.24) is 5.32 Å². The maximum atomic E-state index is 11.8. The number of hydrogen-bond donors (Lipinski definition) is 1. The first kappa shape index (κ1) is 8.94. The number of nitrogens with one attached hydrogen (secondary N) is 1. The molecule has 0 amide bonds. The van der Waals surface area contributed by atoms with Crippen LogP contribution in [0.2, 0.25) is 0 Å². The van der Waals surface area contributed by atoms with Crippen molar-refractivity contribution < 1.29 is 9.13 Å². The summed E-state index contributed by atoms with van der Waals surface area (Å²) >= 11 is 0. The van der Waals surface area contributed by atoms with Gasteiger partial charge in [-0.05, 0) is 19.8 Å². The fourth-order valence-corrected chi connectivity index (χ4v) is 1.42. The van der Waals surface area contributed by atoms with Crippen molar-refractivity contribution in [2.45, 2.75) is 25.3 Å². The van der Waals surface area contributed by atoms with Gasteiger partial charge in [-0.25, -0.2) is 4.39 Å². The predicted molar refractivity (Wildman–Crippen MR) is 42.4 cm³/mol. The predicted octanol–water partition coefficient (Wildman–Crippen LogP) is 1.11. The molecule has 0 bridgehead atoms. The second-order valence-corrected chi connectivity index (χ2v) is 3.33. The lowest BCUT2D eigenvalue weighted by Gasteiger charge is -2.34. The number of halogens is 1. The molecule has 0 aromatic rings. The van der Waals surface area contributed by atoms with Gasteiger partial charge in [-0.1, -0.05) is 0 Å². The molecule has 1 N–H and O–H groups in total. The van der Waals surface area contributed by atoms with Gasteiger partial charge in [0, 0.05) is 18.7 Å². The smallest absolute Gasteiger partial charge is 0.102 e. The molecule has 1 heterocycles. The number of ether oxygens (including phenoxy) is 1. The van der Waals surface area contributed by atoms with Crippen LogP contribution in [0.4, 0.5) is 4.39 Å². The maximum absolute atomic E-state index is 11.8. The van der Waals surface area contributed by atoms with Crippen LogP contribution in [0.15, 0.2) is 0 Å². The second kappa shape index (κ2) is 4.02. The second-order valence-electron chi connectivity index (χ2n) is 3.33. The summed E-state index contributed by atoms with van der Waals surface area (Å²) in [5.41, 5.74) is 0.0182. The highest BCUT2D eigenvalue weighted by atomic mass is 19.1. The summed E-state index contributed by atoms with van der Waals surface area (Å²) in [4.78, 5) is 0. The SMILES string of the molecule is CC1(NCCF)CCCOC1. The Labute approximate surface area is 67.1 Å². The van der Waals surface area contributed by atoms with E-state index in [4.69, 9.17) is 4.74 Å². The Balaban J connectivity index is 2.25. The van der Waals surface area contributed by atoms with E-state index < -0.39 is 0 Å². The van der Waals surface area contributed by atoms with E-state index in [1.807, 2.05) is 0 Å². The molecule has 1 atom stereocenters. The molecule has 66 valence electrons. The van der Waals surface area contributed by atoms with Gasteiger partial charge in [0.2, 0.25) is 0 Å². The van der Waals surface area contributed by atoms with Crippen LogP contribution in [0.25, 0.3) is 0 Å². The number of alkyl halides is 1. The third-order valence-corrected chi connectivity index (χ3v) is 2.08. The van der Waals surface area contributed by atoms with Crippen molar-refractivity contribution in [2.75, 3.05) is 26.4 Å². The Morgan fingerprint density at radius 1 is 1.64 bits per heavy atom. The van der Waals surface area contributed by atoms with Crippen molar-refractivity contribution in [2.24, 2.45) is 0 Å². The van der Waals surface area contributed by atoms with E-state index in [0.29, 0.717) is 13.2 Å². The Morgan fingerprint density at radius 2 is 2.45 bits per heavy atom. The average Bonchev–Trinajstić information content (AvgIpc) is 2.03. The summed E-state index contributed by atoms with van der Waals surface area (Å²) in [7, 11) is 0. The zero-order valence-corrected chi connectivity index (χ0v) is 7.03. The van der Waals surface area contributed by atoms with E-state index in [2.05, 4.69) is 12.2 Å². The Kier molecular flexibility index (Phi) is 3.27. The molecule has 1 saturated heterocycles. The Morgan fingerprint density at radius 3 is 3.00 bits per heavy atom. The van der Waals surface area contributed by atoms with Crippen LogP contribution >= 0.6 is 0 Å². The van der Waals surface area contributed by atoms with Gasteiger partial charge in [0.05, 0.1) is 6.61 Å². The van der Waals surface area contributed by atoms with Crippen LogP contribution in [-0.4, -0.2) is 32.0 Å². The van der Waals surface area contributed by atoms with Gasteiger partial charge in [0.1, 0.15) is 6.67 Å². The van der Waals surface area contributed by atoms with E-state index in [1.165, 1.54) is 0 Å². The summed E-state index contributed by atoms with van der Waals surface area (Å²) in [6.07, 6.45) is 2.17. The van der Waals surface area contributed by atoms with E-state index in [0.717, 1.165) is 19.4 Å². The minimum Gasteiger partial charge on any atom is -0.380 e. The Bertz CT molecular complexity index is 113. The lowest BCUT2D eigenvalue weighted by Crippen LogP contribution is -2.49. The number of hydrogen-bond acceptors (Lipinski definition) is 2. The van der Waals surface area contributed by atoms with Crippen molar-refractivity contribution in [3.63, 3.8) is 0 Å². The molecular weight excluding hydrogens is 145 g/mol. The van der Waals surface area contributed by atoms with Gasteiger partial charge in [-0.2, -0.15) is 0 Å². The highest BCUT2D eigenvalue weighted by Gasteiger charge is 2.26. The topological polar surface area (TPSA) is 21.3 Å². The first-order chi connectivity index (χ1) is 5.27. The lowest BCUT2D eigenvalue weighted by atomic mass is 9.95. The van der Waals surface area contributed by atoms with Gasteiger partial charge in [0.15, 0.2) is 0 Å². The molecule has 2 nitrogen and oxygen atoms in total. The fraction of sp³-hybridized carbons (Fsp3) is 1.00. The molecule has 3 heteroatoms. The zero-order valence-electron chi connectivity index (χ0n) is 7.03. The van der Waals surface area contributed by atoms with Crippen molar-refractivity contribution >= 4 is 0 Å². The Hall–Kier alpha value is -0.150. The molecule has 1 fully saturated rings. The molecule has 0 radical (unpaired) electrons. The molecule has 1 aliphatic rings. The molecule has 1 rings (SSSR count). The average molecular weight is 161 g/mol. The van der Waals surface area contributed by atoms with Crippen LogP contribution in [0.3, 0.4) is 0 Å². The van der Waals surface area contributed by atoms with E-state index in [9.17, 15) is 4.39 Å². The third kappa shape index (κ3) is 2.75. The summed E-state index contributed by atoms with van der Waals surface area (Å²) in [6, 6.07) is 0. The molecule has 0 aliphatic carbocycles. The van der Waals surface area contributed by atoms with Crippen LogP contribution in [0, 0.1) is 0 Å². The molecule has 0 spiro atoms. The van der Waals surface area contributed by atoms with Crippen LogP contribution in [0.5, 0.6) is 0 Å². The van der Waals surface area contributed by atoms with Gasteiger partial charge >= 0.3 is 0 Å². The third-order valence-electron chi connectivity index (χ3n) is 2.08. The van der Waals surface area contributed by atoms with Crippen LogP contribution < -0.4 is 5.32 Å². The highest BCUT2D eigenvalue weighted by Crippen LogP contribution is 2.17. The van der Waals surface area contributed by atoms with Gasteiger partial charge in [0.25, 0.3) is 0 Å². The summed E-state index contributed by atoms with van der Waals surface area (Å²) in [5.74, 6) is 0. The van der Waals surface area contributed by atoms with Crippen LogP contribution in [0.1, 0.15) is 19.8 Å². The van der Waals surface area contributed by atoms with Crippen molar-refractivity contribution in [3.8, 4) is 0 Å². The highest BCUT2D eigenvalue weighted by molar-refractivity contribution is 4.84. The van der Waals surface area contributed by atoms with Gasteiger partial charge in [-0.3, -0.25) is 0 Å². The number of rotatable bonds is 3. The van der Waals surface area contributed by atoms with Gasteiger partial charge < -0.3 is 10.1 Å². The minimum absolute atomic E-state index is 0.0182. The zero-order chi connectivity index (χ0) is 8.16. The summed E-state index contributed by atoms with van der Waals surface area (Å²) in [6.45, 7) is 3.80. The van der Waals surface area contributed by atoms with Crippen molar-refractivity contribution in [3.05, 3.63) is 0 Å². The monoisotopic (exact) mass is 161 g/mol. The normalized spacial score (nSPS) is 32.2. The van der Waals surface area contributed by atoms with Crippen LogP contribution in [-0.2, 0) is 4.74 Å². The molecule has 0 aromatic heterocycles. The lowest BCUT2D eigenvalue weighted by molar-refractivity contribution is 0.0281. The molecule has 0 saturated carbocycles. The molecule has 11 heavy (non-hydrogen) atoms. The van der Waals surface area contributed by atoms with Gasteiger partial charge in [-0.15, -0.1) is 0 Å². The molecule has 1 unspecified atom stereocenters. The van der Waals surface area contributed by atoms with E-state index in [-0.39, 0.29) is 12.2 Å². The molecular formula is C8H16FNO. The minimum atomic E-state index is -0.296. The van der Waals surface area contributed by atoms with E-state index >= 15 is 0 Å².